The molecule has 2 aliphatic rings. The van der Waals surface area contributed by atoms with Crippen LogP contribution in [0, 0.1) is 12.8 Å². The summed E-state index contributed by atoms with van der Waals surface area (Å²) in [5.74, 6) is -0.483. The molecule has 0 saturated heterocycles. The zero-order valence-corrected chi connectivity index (χ0v) is 23.2. The first-order chi connectivity index (χ1) is 19.2. The largest absolute Gasteiger partial charge is 0.465 e. The number of amides is 3. The van der Waals surface area contributed by atoms with E-state index in [9.17, 15) is 14.4 Å². The number of nitrogens with one attached hydrogen (secondary N) is 2. The van der Waals surface area contributed by atoms with Crippen molar-refractivity contribution in [3.05, 3.63) is 82.6 Å². The third kappa shape index (κ3) is 5.72. The Bertz CT molecular complexity index is 1520. The molecule has 2 aromatic carbocycles. The molecule has 3 amide bonds. The van der Waals surface area contributed by atoms with Crippen LogP contribution < -0.4 is 10.6 Å². The van der Waals surface area contributed by atoms with Gasteiger partial charge in [0.25, 0.3) is 0 Å². The van der Waals surface area contributed by atoms with E-state index in [4.69, 9.17) is 16.7 Å². The average Bonchev–Trinajstić information content (AvgIpc) is 2.92. The average molecular weight is 559 g/mol. The van der Waals surface area contributed by atoms with Crippen molar-refractivity contribution in [1.82, 2.24) is 9.88 Å². The SMILES string of the molecule is Cc1c(Cl)cccc1C1=CC(=O)N([C@H]2CCC[C@@H](C)C(=O)Nc3cc(NC(=O)O)ccc3-c3ccnc2c3)CC1. The summed E-state index contributed by atoms with van der Waals surface area (Å²) in [7, 11) is 0. The summed E-state index contributed by atoms with van der Waals surface area (Å²) in [6, 6.07) is 14.4. The van der Waals surface area contributed by atoms with Gasteiger partial charge in [0, 0.05) is 41.0 Å². The van der Waals surface area contributed by atoms with E-state index in [1.165, 1.54) is 0 Å². The molecule has 3 aromatic rings. The van der Waals surface area contributed by atoms with Crippen LogP contribution in [0.1, 0.15) is 55.5 Å². The number of anilines is 2. The number of aromatic nitrogens is 1. The highest BCUT2D eigenvalue weighted by Crippen LogP contribution is 2.37. The third-order valence-corrected chi connectivity index (χ3v) is 8.13. The van der Waals surface area contributed by atoms with Crippen molar-refractivity contribution in [2.45, 2.75) is 45.6 Å². The van der Waals surface area contributed by atoms with Crippen LogP contribution in [0.5, 0.6) is 0 Å². The molecule has 2 bridgehead atoms. The fraction of sp³-hybridized carbons (Fsp3) is 0.290. The Kier molecular flexibility index (Phi) is 7.89. The Labute approximate surface area is 238 Å². The van der Waals surface area contributed by atoms with Crippen molar-refractivity contribution in [2.75, 3.05) is 17.2 Å². The number of rotatable bonds is 3. The second kappa shape index (κ2) is 11.5. The van der Waals surface area contributed by atoms with E-state index in [0.29, 0.717) is 42.2 Å². The van der Waals surface area contributed by atoms with Crippen molar-refractivity contribution in [3.8, 4) is 11.1 Å². The second-order valence-electron chi connectivity index (χ2n) is 10.4. The molecule has 0 aliphatic carbocycles. The fourth-order valence-electron chi connectivity index (χ4n) is 5.50. The minimum atomic E-state index is -1.18. The summed E-state index contributed by atoms with van der Waals surface area (Å²) in [6.07, 6.45) is 4.98. The van der Waals surface area contributed by atoms with Gasteiger partial charge in [-0.15, -0.1) is 0 Å². The van der Waals surface area contributed by atoms with Gasteiger partial charge in [0.05, 0.1) is 17.4 Å². The summed E-state index contributed by atoms with van der Waals surface area (Å²) in [6.45, 7) is 4.39. The molecule has 0 saturated carbocycles. The predicted molar refractivity (Wildman–Crippen MR) is 156 cm³/mol. The number of halogens is 1. The van der Waals surface area contributed by atoms with Crippen molar-refractivity contribution < 1.29 is 19.5 Å². The molecule has 0 unspecified atom stereocenters. The zero-order chi connectivity index (χ0) is 28.4. The van der Waals surface area contributed by atoms with Gasteiger partial charge in [0.15, 0.2) is 0 Å². The molecule has 0 spiro atoms. The maximum atomic E-state index is 13.6. The Morgan fingerprint density at radius 1 is 1.12 bits per heavy atom. The smallest absolute Gasteiger partial charge is 0.409 e. The molecule has 5 rings (SSSR count). The molecule has 40 heavy (non-hydrogen) atoms. The van der Waals surface area contributed by atoms with Crippen molar-refractivity contribution >= 4 is 46.5 Å². The summed E-state index contributed by atoms with van der Waals surface area (Å²) in [5.41, 5.74) is 6.13. The van der Waals surface area contributed by atoms with E-state index < -0.39 is 6.09 Å². The first-order valence-corrected chi connectivity index (χ1v) is 13.8. The molecule has 206 valence electrons. The maximum absolute atomic E-state index is 13.6. The highest BCUT2D eigenvalue weighted by molar-refractivity contribution is 6.31. The van der Waals surface area contributed by atoms with Crippen LogP contribution in [0.25, 0.3) is 16.7 Å². The number of fused-ring (bicyclic) bond motifs is 4. The molecule has 3 N–H and O–H groups in total. The van der Waals surface area contributed by atoms with Crippen molar-refractivity contribution in [3.63, 3.8) is 0 Å². The van der Waals surface area contributed by atoms with Gasteiger partial charge >= 0.3 is 6.09 Å². The monoisotopic (exact) mass is 558 g/mol. The van der Waals surface area contributed by atoms with E-state index in [1.54, 1.807) is 30.5 Å². The number of hydrogen-bond donors (Lipinski definition) is 3. The van der Waals surface area contributed by atoms with E-state index in [0.717, 1.165) is 39.9 Å². The summed E-state index contributed by atoms with van der Waals surface area (Å²) in [5, 5.41) is 15.2. The van der Waals surface area contributed by atoms with Gasteiger partial charge in [0.1, 0.15) is 0 Å². The van der Waals surface area contributed by atoms with Crippen LogP contribution >= 0.6 is 11.6 Å². The quantitative estimate of drug-likeness (QED) is 0.323. The summed E-state index contributed by atoms with van der Waals surface area (Å²) in [4.78, 5) is 44.4. The second-order valence-corrected chi connectivity index (χ2v) is 10.8. The predicted octanol–water partition coefficient (Wildman–Crippen LogP) is 6.92. The van der Waals surface area contributed by atoms with Crippen LogP contribution in [0.15, 0.2) is 60.8 Å². The number of pyridine rings is 1. The van der Waals surface area contributed by atoms with Crippen LogP contribution in [0.4, 0.5) is 16.2 Å². The molecule has 2 aliphatic heterocycles. The molecule has 3 heterocycles. The molecule has 0 fully saturated rings. The van der Waals surface area contributed by atoms with E-state index in [1.807, 2.05) is 49.1 Å². The highest BCUT2D eigenvalue weighted by Gasteiger charge is 2.30. The number of carbonyl (C=O) groups is 3. The lowest BCUT2D eigenvalue weighted by Gasteiger charge is -2.35. The molecule has 8 nitrogen and oxygen atoms in total. The minimum absolute atomic E-state index is 0.0690. The maximum Gasteiger partial charge on any atom is 0.409 e. The third-order valence-electron chi connectivity index (χ3n) is 7.72. The number of carboxylic acid groups (broad SMARTS) is 1. The highest BCUT2D eigenvalue weighted by atomic mass is 35.5. The molecular weight excluding hydrogens is 528 g/mol. The molecule has 0 radical (unpaired) electrons. The minimum Gasteiger partial charge on any atom is -0.465 e. The fourth-order valence-corrected chi connectivity index (χ4v) is 5.67. The lowest BCUT2D eigenvalue weighted by atomic mass is 9.92. The van der Waals surface area contributed by atoms with Gasteiger partial charge in [-0.3, -0.25) is 19.9 Å². The van der Waals surface area contributed by atoms with Crippen molar-refractivity contribution in [2.24, 2.45) is 5.92 Å². The van der Waals surface area contributed by atoms with Gasteiger partial charge in [-0.2, -0.15) is 0 Å². The van der Waals surface area contributed by atoms with Crippen molar-refractivity contribution in [1.29, 1.82) is 0 Å². The van der Waals surface area contributed by atoms with Gasteiger partial charge in [0.2, 0.25) is 11.8 Å². The Balaban J connectivity index is 1.52. The lowest BCUT2D eigenvalue weighted by molar-refractivity contribution is -0.129. The van der Waals surface area contributed by atoms with E-state index in [2.05, 4.69) is 15.6 Å². The molecule has 9 heteroatoms. The standard InChI is InChI=1S/C31H31ClN4O4/c1-18-5-3-8-28(36-14-12-21(16-29(36)37)23-6-4-7-25(32)19(23)2)27-15-20(11-13-33-27)24-10-9-22(34-31(39)40)17-26(24)35-30(18)38/h4,6-7,9-11,13,15-18,28,34H,3,5,8,12,14H2,1-2H3,(H,35,38)(H,39,40)/t18-,28+/m1/s1. The Morgan fingerprint density at radius 3 is 2.73 bits per heavy atom. The Morgan fingerprint density at radius 2 is 1.95 bits per heavy atom. The topological polar surface area (TPSA) is 112 Å². The summed E-state index contributed by atoms with van der Waals surface area (Å²) >= 11 is 6.34. The van der Waals surface area contributed by atoms with Gasteiger partial charge in [-0.05, 0) is 78.8 Å². The molecule has 2 atom stereocenters. The molecular formula is C31H31ClN4O4. The normalized spacial score (nSPS) is 19.5. The zero-order valence-electron chi connectivity index (χ0n) is 22.4. The first kappa shape index (κ1) is 27.4. The van der Waals surface area contributed by atoms with Gasteiger partial charge < -0.3 is 15.3 Å². The number of nitrogens with zero attached hydrogens (tertiary/aromatic N) is 2. The molecule has 1 aromatic heterocycles. The van der Waals surface area contributed by atoms with Gasteiger partial charge in [-0.1, -0.05) is 43.1 Å². The van der Waals surface area contributed by atoms with Crippen LogP contribution in [0.3, 0.4) is 0 Å². The number of benzene rings is 2. The van der Waals surface area contributed by atoms with E-state index >= 15 is 0 Å². The van der Waals surface area contributed by atoms with Crippen LogP contribution in [-0.4, -0.2) is 39.4 Å². The first-order valence-electron chi connectivity index (χ1n) is 13.4. The number of hydrogen-bond acceptors (Lipinski definition) is 4. The number of carbonyl (C=O) groups excluding carboxylic acids is 2. The Hall–Kier alpha value is -4.17. The van der Waals surface area contributed by atoms with Crippen LogP contribution in [-0.2, 0) is 9.59 Å². The van der Waals surface area contributed by atoms with Gasteiger partial charge in [-0.25, -0.2) is 4.79 Å². The lowest BCUT2D eigenvalue weighted by Crippen LogP contribution is -2.38. The summed E-state index contributed by atoms with van der Waals surface area (Å²) < 4.78 is 0. The van der Waals surface area contributed by atoms with Crippen LogP contribution in [0.2, 0.25) is 5.02 Å². The van der Waals surface area contributed by atoms with E-state index in [-0.39, 0.29) is 23.8 Å².